The summed E-state index contributed by atoms with van der Waals surface area (Å²) in [4.78, 5) is 23.8. The predicted molar refractivity (Wildman–Crippen MR) is 87.3 cm³/mol. The fraction of sp³-hybridized carbons (Fsp3) is 0.222. The van der Waals surface area contributed by atoms with Gasteiger partial charge < -0.3 is 9.73 Å². The number of nitrogens with one attached hydrogen (secondary N) is 1. The molecule has 6 heteroatoms. The van der Waals surface area contributed by atoms with Gasteiger partial charge in [-0.2, -0.15) is 0 Å². The molecule has 1 N–H and O–H groups in total. The van der Waals surface area contributed by atoms with E-state index in [1.165, 1.54) is 16.7 Å². The summed E-state index contributed by atoms with van der Waals surface area (Å²) in [7, 11) is 1.63. The van der Waals surface area contributed by atoms with Crippen LogP contribution in [0.4, 0.5) is 10.1 Å². The van der Waals surface area contributed by atoms with E-state index in [-0.39, 0.29) is 23.6 Å². The van der Waals surface area contributed by atoms with Crippen LogP contribution in [0.3, 0.4) is 0 Å². The molecule has 0 spiro atoms. The van der Waals surface area contributed by atoms with Crippen molar-refractivity contribution >= 4 is 22.7 Å². The summed E-state index contributed by atoms with van der Waals surface area (Å²) < 4.78 is 19.8. The maximum Gasteiger partial charge on any atom is 0.419 e. The van der Waals surface area contributed by atoms with Crippen LogP contribution in [0, 0.1) is 11.7 Å². The monoisotopic (exact) mass is 326 g/mol. The summed E-state index contributed by atoms with van der Waals surface area (Å²) in [5.74, 6) is -0.948. The van der Waals surface area contributed by atoms with Crippen LogP contribution in [0.25, 0.3) is 11.1 Å². The van der Waals surface area contributed by atoms with Gasteiger partial charge >= 0.3 is 5.76 Å². The summed E-state index contributed by atoms with van der Waals surface area (Å²) in [5.41, 5.74) is 2.52. The van der Waals surface area contributed by atoms with Crippen LogP contribution < -0.4 is 11.1 Å². The van der Waals surface area contributed by atoms with Crippen molar-refractivity contribution in [1.29, 1.82) is 0 Å². The van der Waals surface area contributed by atoms with Gasteiger partial charge in [-0.25, -0.2) is 9.18 Å². The van der Waals surface area contributed by atoms with Gasteiger partial charge in [0.15, 0.2) is 5.58 Å². The minimum absolute atomic E-state index is 0.0547. The van der Waals surface area contributed by atoms with Crippen molar-refractivity contribution in [3.05, 3.63) is 64.4 Å². The summed E-state index contributed by atoms with van der Waals surface area (Å²) in [6.07, 6.45) is 0.706. The molecule has 2 atom stereocenters. The van der Waals surface area contributed by atoms with Gasteiger partial charge in [0.05, 0.1) is 5.52 Å². The number of hydrogen-bond acceptors (Lipinski definition) is 3. The number of carbonyl (C=O) groups is 1. The first-order valence-corrected chi connectivity index (χ1v) is 7.69. The van der Waals surface area contributed by atoms with E-state index in [2.05, 4.69) is 5.32 Å². The zero-order valence-electron chi connectivity index (χ0n) is 13.0. The summed E-state index contributed by atoms with van der Waals surface area (Å²) in [6, 6.07) is 11.5. The quantitative estimate of drug-likeness (QED) is 0.805. The molecule has 1 amide bonds. The molecule has 1 heterocycles. The molecular weight excluding hydrogens is 311 g/mol. The van der Waals surface area contributed by atoms with Gasteiger partial charge in [0, 0.05) is 24.7 Å². The van der Waals surface area contributed by atoms with Crippen LogP contribution in [0.1, 0.15) is 17.9 Å². The van der Waals surface area contributed by atoms with Crippen LogP contribution in [0.15, 0.2) is 51.7 Å². The molecule has 1 saturated carbocycles. The van der Waals surface area contributed by atoms with E-state index in [1.54, 1.807) is 31.3 Å². The van der Waals surface area contributed by atoms with E-state index >= 15 is 0 Å². The molecule has 1 aromatic heterocycles. The summed E-state index contributed by atoms with van der Waals surface area (Å²) >= 11 is 0. The molecule has 1 aliphatic carbocycles. The Balaban J connectivity index is 1.50. The zero-order chi connectivity index (χ0) is 16.8. The second-order valence-electron chi connectivity index (χ2n) is 6.10. The lowest BCUT2D eigenvalue weighted by molar-refractivity contribution is -0.117. The minimum atomic E-state index is -0.443. The maximum absolute atomic E-state index is 13.3. The first-order valence-electron chi connectivity index (χ1n) is 7.69. The third kappa shape index (κ3) is 2.50. The number of aryl methyl sites for hydroxylation is 1. The molecule has 24 heavy (non-hydrogen) atoms. The number of rotatable bonds is 3. The molecule has 0 saturated heterocycles. The van der Waals surface area contributed by atoms with Crippen LogP contribution in [0.2, 0.25) is 0 Å². The van der Waals surface area contributed by atoms with Gasteiger partial charge in [0.25, 0.3) is 0 Å². The first-order chi connectivity index (χ1) is 11.5. The smallest absolute Gasteiger partial charge is 0.408 e. The highest BCUT2D eigenvalue weighted by Crippen LogP contribution is 2.48. The number of fused-ring (bicyclic) bond motifs is 1. The molecule has 0 radical (unpaired) electrons. The number of aromatic nitrogens is 1. The van der Waals surface area contributed by atoms with E-state index < -0.39 is 5.76 Å². The first kappa shape index (κ1) is 14.7. The number of carbonyl (C=O) groups excluding carboxylic acids is 1. The van der Waals surface area contributed by atoms with E-state index in [1.807, 2.05) is 6.07 Å². The topological polar surface area (TPSA) is 64.2 Å². The highest BCUT2D eigenvalue weighted by molar-refractivity contribution is 5.96. The Morgan fingerprint density at radius 3 is 2.92 bits per heavy atom. The molecule has 1 aliphatic rings. The van der Waals surface area contributed by atoms with E-state index in [0.29, 0.717) is 23.2 Å². The lowest BCUT2D eigenvalue weighted by Gasteiger charge is -2.05. The maximum atomic E-state index is 13.3. The SMILES string of the molecule is Cn1c(=O)oc2cc(NC(=O)[C@@H]3C[C@@H]3c3cccc(F)c3)ccc21. The molecule has 2 aromatic carbocycles. The molecular formula is C18H15FN2O3. The number of anilines is 1. The number of oxazole rings is 1. The number of amides is 1. The highest BCUT2D eigenvalue weighted by atomic mass is 19.1. The molecule has 0 unspecified atom stereocenters. The standard InChI is InChI=1S/C18H15FN2O3/c1-21-15-6-5-12(8-16(15)24-18(21)23)20-17(22)14-9-13(14)10-3-2-4-11(19)7-10/h2-8,13-14H,9H2,1H3,(H,20,22)/t13-,14-/m1/s1. The Bertz CT molecular complexity index is 1000. The highest BCUT2D eigenvalue weighted by Gasteiger charge is 2.44. The van der Waals surface area contributed by atoms with Crippen molar-refractivity contribution in [3.63, 3.8) is 0 Å². The number of halogens is 1. The molecule has 3 aromatic rings. The minimum Gasteiger partial charge on any atom is -0.408 e. The number of hydrogen-bond donors (Lipinski definition) is 1. The van der Waals surface area contributed by atoms with Crippen LogP contribution in [-0.4, -0.2) is 10.5 Å². The van der Waals surface area contributed by atoms with Gasteiger partial charge in [-0.15, -0.1) is 0 Å². The molecule has 1 fully saturated rings. The largest absolute Gasteiger partial charge is 0.419 e. The molecule has 0 aliphatic heterocycles. The Hall–Kier alpha value is -2.89. The third-order valence-corrected chi connectivity index (χ3v) is 4.46. The van der Waals surface area contributed by atoms with Gasteiger partial charge in [-0.3, -0.25) is 9.36 Å². The summed E-state index contributed by atoms with van der Waals surface area (Å²) in [6.45, 7) is 0. The Morgan fingerprint density at radius 2 is 2.12 bits per heavy atom. The normalized spacial score (nSPS) is 19.4. The fourth-order valence-electron chi connectivity index (χ4n) is 3.04. The molecule has 5 nitrogen and oxygen atoms in total. The molecule has 4 rings (SSSR count). The average Bonchev–Trinajstić information content (AvgIpc) is 3.30. The van der Waals surface area contributed by atoms with Crippen molar-refractivity contribution in [1.82, 2.24) is 4.57 Å². The van der Waals surface area contributed by atoms with Crippen LogP contribution in [-0.2, 0) is 11.8 Å². The van der Waals surface area contributed by atoms with Gasteiger partial charge in [0.1, 0.15) is 5.82 Å². The van der Waals surface area contributed by atoms with Crippen molar-refractivity contribution in [2.75, 3.05) is 5.32 Å². The fourth-order valence-corrected chi connectivity index (χ4v) is 3.04. The Kier molecular flexibility index (Phi) is 3.26. The van der Waals surface area contributed by atoms with Crippen molar-refractivity contribution < 1.29 is 13.6 Å². The van der Waals surface area contributed by atoms with E-state index in [0.717, 1.165) is 5.56 Å². The lowest BCUT2D eigenvalue weighted by atomic mass is 10.1. The number of benzene rings is 2. The van der Waals surface area contributed by atoms with Crippen molar-refractivity contribution in [2.24, 2.45) is 13.0 Å². The third-order valence-electron chi connectivity index (χ3n) is 4.46. The number of nitrogens with zero attached hydrogens (tertiary/aromatic N) is 1. The van der Waals surface area contributed by atoms with Crippen LogP contribution >= 0.6 is 0 Å². The van der Waals surface area contributed by atoms with Crippen molar-refractivity contribution in [3.8, 4) is 0 Å². The second kappa shape index (κ2) is 5.33. The summed E-state index contributed by atoms with van der Waals surface area (Å²) in [5, 5.41) is 2.84. The van der Waals surface area contributed by atoms with Gasteiger partial charge in [-0.1, -0.05) is 12.1 Å². The lowest BCUT2D eigenvalue weighted by Crippen LogP contribution is -2.14. The van der Waals surface area contributed by atoms with E-state index in [9.17, 15) is 14.0 Å². The predicted octanol–water partition coefficient (Wildman–Crippen LogP) is 3.01. The zero-order valence-corrected chi connectivity index (χ0v) is 13.0. The Morgan fingerprint density at radius 1 is 1.29 bits per heavy atom. The van der Waals surface area contributed by atoms with Gasteiger partial charge in [-0.05, 0) is 42.2 Å². The van der Waals surface area contributed by atoms with E-state index in [4.69, 9.17) is 4.42 Å². The average molecular weight is 326 g/mol. The second-order valence-corrected chi connectivity index (χ2v) is 6.10. The van der Waals surface area contributed by atoms with Crippen LogP contribution in [0.5, 0.6) is 0 Å². The van der Waals surface area contributed by atoms with Gasteiger partial charge in [0.2, 0.25) is 5.91 Å². The molecule has 0 bridgehead atoms. The molecule has 122 valence electrons. The Labute approximate surface area is 136 Å². The van der Waals surface area contributed by atoms with Crippen molar-refractivity contribution in [2.45, 2.75) is 12.3 Å².